The van der Waals surface area contributed by atoms with E-state index in [0.29, 0.717) is 17.7 Å². The number of carboxylic acids is 1. The predicted molar refractivity (Wildman–Crippen MR) is 206 cm³/mol. The number of aliphatic hydroxyl groups excluding tert-OH is 1. The number of rotatable bonds is 19. The van der Waals surface area contributed by atoms with Crippen LogP contribution in [0.25, 0.3) is 5.69 Å². The summed E-state index contributed by atoms with van der Waals surface area (Å²) in [6, 6.07) is 9.18. The molecule has 3 unspecified atom stereocenters. The van der Waals surface area contributed by atoms with Crippen LogP contribution in [0.15, 0.2) is 54.7 Å². The third-order valence-corrected chi connectivity index (χ3v) is 10.4. The molecule has 1 aliphatic rings. The first-order valence-electron chi connectivity index (χ1n) is 18.1. The van der Waals surface area contributed by atoms with Crippen molar-refractivity contribution in [3.63, 3.8) is 0 Å². The van der Waals surface area contributed by atoms with Crippen LogP contribution in [0, 0.1) is 17.0 Å². The third-order valence-electron chi connectivity index (χ3n) is 9.12. The number of aliphatic hydroxyl groups is 1. The number of halogens is 2. The number of carboxylic acid groups (broad SMARTS) is 1. The third kappa shape index (κ3) is 11.9. The van der Waals surface area contributed by atoms with Crippen LogP contribution in [0.2, 0.25) is 0 Å². The molecule has 0 radical (unpaired) electrons. The number of nitrogens with one attached hydrogen (secondary N) is 2. The van der Waals surface area contributed by atoms with Crippen molar-refractivity contribution in [2.75, 3.05) is 38.5 Å². The lowest BCUT2D eigenvalue weighted by molar-refractivity contribution is -0.142. The molecule has 16 nitrogen and oxygen atoms in total. The molecule has 1 aromatic heterocycles. The zero-order valence-electron chi connectivity index (χ0n) is 31.8. The second-order valence-corrected chi connectivity index (χ2v) is 15.8. The number of carbonyl (C=O) groups excluding carboxylic acids is 5. The molecule has 3 aromatic rings. The smallest absolute Gasteiger partial charge is 0.321 e. The van der Waals surface area contributed by atoms with E-state index in [0.717, 1.165) is 40.4 Å². The Morgan fingerprint density at radius 2 is 1.72 bits per heavy atom. The molecule has 8 N–H and O–H groups in total. The number of nitrogens with two attached hydrogens (primary N) is 2. The average Bonchev–Trinajstić information content (AvgIpc) is 3.68. The summed E-state index contributed by atoms with van der Waals surface area (Å²) in [5.74, 6) is -5.87. The van der Waals surface area contributed by atoms with Crippen molar-refractivity contribution in [2.45, 2.75) is 63.4 Å². The fraction of sp³-hybridized carbons (Fsp3) is 0.447. The van der Waals surface area contributed by atoms with Crippen molar-refractivity contribution < 1.29 is 47.8 Å². The molecule has 57 heavy (non-hydrogen) atoms. The van der Waals surface area contributed by atoms with E-state index in [2.05, 4.69) is 10.6 Å². The number of hydrogen-bond acceptors (Lipinski definition) is 11. The van der Waals surface area contributed by atoms with Crippen molar-refractivity contribution >= 4 is 47.3 Å². The van der Waals surface area contributed by atoms with Crippen molar-refractivity contribution in [1.29, 1.82) is 0 Å². The summed E-state index contributed by atoms with van der Waals surface area (Å²) in [6.07, 6.45) is 1.66. The van der Waals surface area contributed by atoms with Gasteiger partial charge in [-0.1, -0.05) is 51.1 Å². The Morgan fingerprint density at radius 1 is 1.04 bits per heavy atom. The van der Waals surface area contributed by atoms with Crippen LogP contribution >= 0.6 is 11.8 Å². The van der Waals surface area contributed by atoms with E-state index >= 15 is 0 Å². The van der Waals surface area contributed by atoms with Gasteiger partial charge >= 0.3 is 5.97 Å². The summed E-state index contributed by atoms with van der Waals surface area (Å²) >= 11 is 0.931. The minimum Gasteiger partial charge on any atom is -0.480 e. The summed E-state index contributed by atoms with van der Waals surface area (Å²) in [6.45, 7) is 3.91. The molecule has 0 aliphatic carbocycles. The summed E-state index contributed by atoms with van der Waals surface area (Å²) < 4.78 is 30.5. The molecule has 0 bridgehead atoms. The number of benzene rings is 2. The number of nitrogens with zero attached hydrogens (tertiary/aromatic N) is 4. The van der Waals surface area contributed by atoms with Gasteiger partial charge in [0.25, 0.3) is 0 Å². The summed E-state index contributed by atoms with van der Waals surface area (Å²) in [4.78, 5) is 77.0. The Labute approximate surface area is 332 Å². The topological polar surface area (TPSA) is 243 Å². The van der Waals surface area contributed by atoms with Gasteiger partial charge in [0.15, 0.2) is 0 Å². The van der Waals surface area contributed by atoms with Crippen LogP contribution in [0.3, 0.4) is 0 Å². The normalized spacial score (nSPS) is 15.9. The molecule has 308 valence electrons. The number of hydrogen-bond donors (Lipinski definition) is 6. The first kappa shape index (κ1) is 44.5. The number of aliphatic carboxylic acids is 1. The Balaban J connectivity index is 1.40. The molecule has 4 atom stereocenters. The van der Waals surface area contributed by atoms with Crippen LogP contribution in [0.4, 0.5) is 8.78 Å². The lowest BCUT2D eigenvalue weighted by Crippen LogP contribution is -2.48. The van der Waals surface area contributed by atoms with Crippen molar-refractivity contribution in [3.8, 4) is 5.69 Å². The van der Waals surface area contributed by atoms with Crippen LogP contribution < -0.4 is 22.1 Å². The van der Waals surface area contributed by atoms with E-state index in [9.17, 15) is 42.7 Å². The zero-order chi connectivity index (χ0) is 42.0. The molecule has 0 spiro atoms. The number of likely N-dealkylation sites (tertiary alicyclic amines) is 1. The zero-order valence-corrected chi connectivity index (χ0v) is 32.6. The first-order chi connectivity index (χ1) is 26.9. The summed E-state index contributed by atoms with van der Waals surface area (Å²) in [5.41, 5.74) is 12.7. The first-order valence-corrected chi connectivity index (χ1v) is 19.2. The maximum atomic E-state index is 15.0. The van der Waals surface area contributed by atoms with E-state index in [-0.39, 0.29) is 43.9 Å². The summed E-state index contributed by atoms with van der Waals surface area (Å²) in [5, 5.41) is 27.9. The SMILES string of the molecule is CC(C)(C)C(c1nn(-c2cc(F)ccc2F)cc1Cc1ccccc1)N(CCC(N)C(=O)NCCNC(=O)CN1C(=O)CC(SC[C@H](N)C(=O)O)C1=O)C(=O)CO. The minimum absolute atomic E-state index is 0.0561. The van der Waals surface area contributed by atoms with Crippen LogP contribution in [0.1, 0.15) is 56.5 Å². The van der Waals surface area contributed by atoms with Crippen molar-refractivity contribution in [3.05, 3.63) is 83.2 Å². The van der Waals surface area contributed by atoms with E-state index in [1.54, 1.807) is 6.20 Å². The molecule has 1 aliphatic heterocycles. The Hall–Kier alpha value is -5.24. The van der Waals surface area contributed by atoms with Gasteiger partial charge in [-0.3, -0.25) is 33.7 Å². The highest BCUT2D eigenvalue weighted by molar-refractivity contribution is 8.00. The second kappa shape index (κ2) is 19.8. The average molecular weight is 815 g/mol. The van der Waals surface area contributed by atoms with Gasteiger partial charge in [0, 0.05) is 56.1 Å². The lowest BCUT2D eigenvalue weighted by atomic mass is 9.81. The molecule has 2 heterocycles. The van der Waals surface area contributed by atoms with Crippen LogP contribution in [-0.4, -0.2) is 121 Å². The minimum atomic E-state index is -1.24. The van der Waals surface area contributed by atoms with E-state index in [4.69, 9.17) is 21.7 Å². The number of imide groups is 1. The van der Waals surface area contributed by atoms with Crippen molar-refractivity contribution in [2.24, 2.45) is 16.9 Å². The van der Waals surface area contributed by atoms with Gasteiger partial charge in [-0.25, -0.2) is 13.5 Å². The number of thioether (sulfide) groups is 1. The van der Waals surface area contributed by atoms with Crippen molar-refractivity contribution in [1.82, 2.24) is 30.2 Å². The predicted octanol–water partition coefficient (Wildman–Crippen LogP) is 0.872. The molecule has 2 aromatic carbocycles. The van der Waals surface area contributed by atoms with E-state index in [1.807, 2.05) is 51.1 Å². The Morgan fingerprint density at radius 3 is 2.37 bits per heavy atom. The molecule has 5 amide bonds. The molecule has 4 rings (SSSR count). The molecule has 1 fully saturated rings. The Kier molecular flexibility index (Phi) is 15.4. The fourth-order valence-electron chi connectivity index (χ4n) is 6.27. The van der Waals surface area contributed by atoms with Gasteiger partial charge in [-0.05, 0) is 29.5 Å². The fourth-order valence-corrected chi connectivity index (χ4v) is 7.38. The maximum Gasteiger partial charge on any atom is 0.321 e. The van der Waals surface area contributed by atoms with E-state index in [1.165, 1.54) is 9.58 Å². The molecule has 1 saturated heterocycles. The van der Waals surface area contributed by atoms with Gasteiger partial charge in [-0.15, -0.1) is 11.8 Å². The van der Waals surface area contributed by atoms with Gasteiger partial charge in [0.1, 0.15) is 36.5 Å². The largest absolute Gasteiger partial charge is 0.480 e. The summed E-state index contributed by atoms with van der Waals surface area (Å²) in [7, 11) is 0. The van der Waals surface area contributed by atoms with Gasteiger partial charge < -0.3 is 37.2 Å². The van der Waals surface area contributed by atoms with Gasteiger partial charge in [-0.2, -0.15) is 5.10 Å². The quantitative estimate of drug-likeness (QED) is 0.0730. The molecule has 0 saturated carbocycles. The highest BCUT2D eigenvalue weighted by Crippen LogP contribution is 2.40. The standard InChI is InChI=1S/C38H48F2N8O8S/c1-38(2,3)34(33-23(15-22-7-5-4-6-8-22)18-48(45-33)28-16-24(39)9-10-25(28)40)46(32(52)20-49)14-11-26(41)35(53)44-13-12-43-30(50)19-47-31(51)17-29(36(47)54)57-21-27(42)37(55)56/h4-10,16,18,26-27,29,34,49H,11-15,17,19-21,41-42H2,1-3H3,(H,43,50)(H,44,53)(H,55,56)/t26?,27-,29?,34?/m0/s1. The number of aromatic nitrogens is 2. The second-order valence-electron chi connectivity index (χ2n) is 14.6. The number of carbonyl (C=O) groups is 6. The highest BCUT2D eigenvalue weighted by Gasteiger charge is 2.41. The maximum absolute atomic E-state index is 15.0. The highest BCUT2D eigenvalue weighted by atomic mass is 32.2. The van der Waals surface area contributed by atoms with E-state index < -0.39 is 89.1 Å². The van der Waals surface area contributed by atoms with Gasteiger partial charge in [0.2, 0.25) is 29.5 Å². The molecular formula is C38H48F2N8O8S. The monoisotopic (exact) mass is 814 g/mol. The van der Waals surface area contributed by atoms with Gasteiger partial charge in [0.05, 0.1) is 23.0 Å². The Bertz CT molecular complexity index is 1940. The lowest BCUT2D eigenvalue weighted by Gasteiger charge is -2.40. The van der Waals surface area contributed by atoms with Crippen LogP contribution in [-0.2, 0) is 35.2 Å². The van der Waals surface area contributed by atoms with Crippen LogP contribution in [0.5, 0.6) is 0 Å². The number of amides is 5. The molecular weight excluding hydrogens is 767 g/mol. The molecule has 19 heteroatoms.